The number of nitrogens with zero attached hydrogens (tertiary/aromatic N) is 2. The molecule has 5 rings (SSSR count). The smallest absolute Gasteiger partial charge is 0.253 e. The van der Waals surface area contributed by atoms with Gasteiger partial charge in [-0.05, 0) is 30.7 Å². The normalized spacial score (nSPS) is 15.7. The second-order valence-electron chi connectivity index (χ2n) is 7.98. The summed E-state index contributed by atoms with van der Waals surface area (Å²) in [5.74, 6) is 1.39. The van der Waals surface area contributed by atoms with E-state index in [9.17, 15) is 4.79 Å². The minimum atomic E-state index is -0.0626. The molecule has 166 valence electrons. The Morgan fingerprint density at radius 3 is 2.59 bits per heavy atom. The number of carbonyl (C=O) groups excluding carboxylic acids is 1. The lowest BCUT2D eigenvalue weighted by Gasteiger charge is -2.26. The lowest BCUT2D eigenvalue weighted by atomic mass is 10.1. The molecule has 7 heteroatoms. The predicted octanol–water partition coefficient (Wildman–Crippen LogP) is 3.24. The number of carbonyl (C=O) groups is 1. The number of rotatable bonds is 6. The Labute approximate surface area is 187 Å². The molecule has 3 aromatic rings. The number of fused-ring (bicyclic) bond motifs is 1. The quantitative estimate of drug-likeness (QED) is 0.647. The van der Waals surface area contributed by atoms with Gasteiger partial charge >= 0.3 is 0 Å². The molecule has 1 fully saturated rings. The van der Waals surface area contributed by atoms with Crippen molar-refractivity contribution in [2.75, 3.05) is 46.2 Å². The number of ether oxygens (including phenoxy) is 3. The highest BCUT2D eigenvalue weighted by atomic mass is 16.7. The molecule has 3 heterocycles. The zero-order valence-corrected chi connectivity index (χ0v) is 18.2. The molecule has 2 aliphatic heterocycles. The van der Waals surface area contributed by atoms with Gasteiger partial charge in [-0.1, -0.05) is 30.3 Å². The van der Waals surface area contributed by atoms with Crippen LogP contribution in [0.15, 0.2) is 54.6 Å². The SMILES string of the molecule is Cc1c(C(=O)NCCN2CCOCC2)cc(-c2ccccc2)n1-c1ccc2c(c1)OCO2. The van der Waals surface area contributed by atoms with E-state index in [-0.39, 0.29) is 12.7 Å². The second kappa shape index (κ2) is 9.06. The molecule has 1 saturated heterocycles. The van der Waals surface area contributed by atoms with E-state index in [1.807, 2.05) is 49.4 Å². The first-order valence-electron chi connectivity index (χ1n) is 11.0. The van der Waals surface area contributed by atoms with Gasteiger partial charge in [0.1, 0.15) is 0 Å². The van der Waals surface area contributed by atoms with E-state index in [1.54, 1.807) is 0 Å². The number of amides is 1. The third-order valence-electron chi connectivity index (χ3n) is 5.99. The van der Waals surface area contributed by atoms with Gasteiger partial charge in [-0.3, -0.25) is 9.69 Å². The monoisotopic (exact) mass is 433 g/mol. The topological polar surface area (TPSA) is 65.0 Å². The second-order valence-corrected chi connectivity index (χ2v) is 7.98. The Bertz CT molecular complexity index is 1100. The van der Waals surface area contributed by atoms with E-state index < -0.39 is 0 Å². The zero-order valence-electron chi connectivity index (χ0n) is 18.2. The molecule has 0 bridgehead atoms. The molecule has 7 nitrogen and oxygen atoms in total. The number of benzene rings is 2. The van der Waals surface area contributed by atoms with Crippen LogP contribution < -0.4 is 14.8 Å². The van der Waals surface area contributed by atoms with E-state index in [0.29, 0.717) is 17.9 Å². The minimum Gasteiger partial charge on any atom is -0.454 e. The van der Waals surface area contributed by atoms with Crippen LogP contribution in [0.1, 0.15) is 16.1 Å². The van der Waals surface area contributed by atoms with E-state index in [1.165, 1.54) is 0 Å². The van der Waals surface area contributed by atoms with Gasteiger partial charge in [0.15, 0.2) is 11.5 Å². The summed E-state index contributed by atoms with van der Waals surface area (Å²) in [6.45, 7) is 6.97. The summed E-state index contributed by atoms with van der Waals surface area (Å²) in [6.07, 6.45) is 0. The van der Waals surface area contributed by atoms with E-state index in [0.717, 1.165) is 61.2 Å². The molecular formula is C25H27N3O4. The summed E-state index contributed by atoms with van der Waals surface area (Å²) in [7, 11) is 0. The molecule has 0 unspecified atom stereocenters. The maximum Gasteiger partial charge on any atom is 0.253 e. The molecule has 0 atom stereocenters. The van der Waals surface area contributed by atoms with Crippen molar-refractivity contribution in [3.8, 4) is 28.4 Å². The Morgan fingerprint density at radius 1 is 1.00 bits per heavy atom. The van der Waals surface area contributed by atoms with Crippen LogP contribution in [-0.2, 0) is 4.74 Å². The molecule has 0 radical (unpaired) electrons. The standard InChI is InChI=1S/C25H27N3O4/c1-18-21(25(29)26-9-10-27-11-13-30-14-12-27)16-22(19-5-3-2-4-6-19)28(18)20-7-8-23-24(15-20)32-17-31-23/h2-8,15-16H,9-14,17H2,1H3,(H,26,29). The van der Waals surface area contributed by atoms with Gasteiger partial charge in [-0.2, -0.15) is 0 Å². The molecule has 1 N–H and O–H groups in total. The van der Waals surface area contributed by atoms with Crippen LogP contribution in [0, 0.1) is 6.92 Å². The number of nitrogens with one attached hydrogen (secondary N) is 1. The van der Waals surface area contributed by atoms with Crippen LogP contribution in [0.25, 0.3) is 16.9 Å². The van der Waals surface area contributed by atoms with Crippen molar-refractivity contribution >= 4 is 5.91 Å². The summed E-state index contributed by atoms with van der Waals surface area (Å²) in [5, 5.41) is 3.09. The van der Waals surface area contributed by atoms with E-state index in [4.69, 9.17) is 14.2 Å². The number of hydrogen-bond acceptors (Lipinski definition) is 5. The van der Waals surface area contributed by atoms with Gasteiger partial charge in [0.05, 0.1) is 24.5 Å². The fourth-order valence-electron chi connectivity index (χ4n) is 4.26. The Hall–Kier alpha value is -3.29. The van der Waals surface area contributed by atoms with Crippen molar-refractivity contribution in [1.29, 1.82) is 0 Å². The third-order valence-corrected chi connectivity index (χ3v) is 5.99. The van der Waals surface area contributed by atoms with Crippen molar-refractivity contribution in [3.05, 3.63) is 65.9 Å². The van der Waals surface area contributed by atoms with Crippen LogP contribution in [0.2, 0.25) is 0 Å². The highest BCUT2D eigenvalue weighted by Crippen LogP contribution is 2.36. The summed E-state index contributed by atoms with van der Waals surface area (Å²) in [6, 6.07) is 17.9. The first-order valence-corrected chi connectivity index (χ1v) is 11.0. The summed E-state index contributed by atoms with van der Waals surface area (Å²) >= 11 is 0. The fourth-order valence-corrected chi connectivity index (χ4v) is 4.26. The first kappa shape index (κ1) is 20.6. The van der Waals surface area contributed by atoms with Gasteiger partial charge in [-0.25, -0.2) is 0 Å². The van der Waals surface area contributed by atoms with Crippen molar-refractivity contribution in [2.24, 2.45) is 0 Å². The molecule has 0 spiro atoms. The average molecular weight is 434 g/mol. The summed E-state index contributed by atoms with van der Waals surface area (Å²) < 4.78 is 18.5. The molecule has 32 heavy (non-hydrogen) atoms. The van der Waals surface area contributed by atoms with Crippen LogP contribution in [0.3, 0.4) is 0 Å². The van der Waals surface area contributed by atoms with Crippen molar-refractivity contribution < 1.29 is 19.0 Å². The van der Waals surface area contributed by atoms with Gasteiger partial charge in [0, 0.05) is 43.6 Å². The summed E-state index contributed by atoms with van der Waals surface area (Å²) in [5.41, 5.74) is 4.48. The van der Waals surface area contributed by atoms with E-state index in [2.05, 4.69) is 26.9 Å². The Balaban J connectivity index is 1.44. The van der Waals surface area contributed by atoms with E-state index >= 15 is 0 Å². The third kappa shape index (κ3) is 4.09. The molecular weight excluding hydrogens is 406 g/mol. The Kier molecular flexibility index (Phi) is 5.83. The molecule has 2 aliphatic rings. The largest absolute Gasteiger partial charge is 0.454 e. The van der Waals surface area contributed by atoms with Crippen LogP contribution in [0.4, 0.5) is 0 Å². The van der Waals surface area contributed by atoms with Crippen molar-refractivity contribution in [3.63, 3.8) is 0 Å². The minimum absolute atomic E-state index is 0.0626. The highest BCUT2D eigenvalue weighted by molar-refractivity contribution is 5.97. The number of hydrogen-bond donors (Lipinski definition) is 1. The number of morpholine rings is 1. The van der Waals surface area contributed by atoms with Gasteiger partial charge in [0.25, 0.3) is 5.91 Å². The maximum atomic E-state index is 13.1. The lowest BCUT2D eigenvalue weighted by Crippen LogP contribution is -2.41. The average Bonchev–Trinajstić information content (AvgIpc) is 3.44. The van der Waals surface area contributed by atoms with Gasteiger partial charge < -0.3 is 24.1 Å². The highest BCUT2D eigenvalue weighted by Gasteiger charge is 2.22. The fraction of sp³-hybridized carbons (Fsp3) is 0.320. The number of aromatic nitrogens is 1. The van der Waals surface area contributed by atoms with Gasteiger partial charge in [-0.15, -0.1) is 0 Å². The Morgan fingerprint density at radius 2 is 1.78 bits per heavy atom. The van der Waals surface area contributed by atoms with Crippen LogP contribution in [-0.4, -0.2) is 61.6 Å². The molecule has 1 aromatic heterocycles. The van der Waals surface area contributed by atoms with Crippen molar-refractivity contribution in [2.45, 2.75) is 6.92 Å². The van der Waals surface area contributed by atoms with Gasteiger partial charge in [0.2, 0.25) is 6.79 Å². The van der Waals surface area contributed by atoms with Crippen molar-refractivity contribution in [1.82, 2.24) is 14.8 Å². The maximum absolute atomic E-state index is 13.1. The zero-order chi connectivity index (χ0) is 21.9. The molecule has 1 amide bonds. The lowest BCUT2D eigenvalue weighted by molar-refractivity contribution is 0.0383. The van der Waals surface area contributed by atoms with Crippen LogP contribution >= 0.6 is 0 Å². The predicted molar refractivity (Wildman–Crippen MR) is 122 cm³/mol. The van der Waals surface area contributed by atoms with Crippen LogP contribution in [0.5, 0.6) is 11.5 Å². The summed E-state index contributed by atoms with van der Waals surface area (Å²) in [4.78, 5) is 15.4. The molecule has 0 saturated carbocycles. The molecule has 0 aliphatic carbocycles. The first-order chi connectivity index (χ1) is 15.7. The molecule has 2 aromatic carbocycles.